The minimum atomic E-state index is -0.228. The quantitative estimate of drug-likeness (QED) is 0.640. The van der Waals surface area contributed by atoms with E-state index in [0.29, 0.717) is 21.8 Å². The zero-order valence-corrected chi connectivity index (χ0v) is 13.1. The van der Waals surface area contributed by atoms with E-state index in [4.69, 9.17) is 0 Å². The number of benzene rings is 1. The molecule has 0 bridgehead atoms. The van der Waals surface area contributed by atoms with Crippen LogP contribution in [0, 0.1) is 0 Å². The number of rotatable bonds is 3. The number of imidazole rings is 1. The molecule has 7 nitrogen and oxygen atoms in total. The van der Waals surface area contributed by atoms with Gasteiger partial charge in [-0.25, -0.2) is 9.36 Å². The van der Waals surface area contributed by atoms with Gasteiger partial charge in [0.15, 0.2) is 0 Å². The maximum Gasteiger partial charge on any atom is 0.267 e. The average Bonchev–Trinajstić information content (AvgIpc) is 3.31. The van der Waals surface area contributed by atoms with E-state index in [1.54, 1.807) is 49.1 Å². The zero-order chi connectivity index (χ0) is 16.5. The van der Waals surface area contributed by atoms with Crippen molar-refractivity contribution in [3.05, 3.63) is 59.1 Å². The molecule has 4 rings (SSSR count). The average molecular weight is 337 g/mol. The summed E-state index contributed by atoms with van der Waals surface area (Å²) in [5.41, 5.74) is 3.30. The molecule has 1 aliphatic rings. The summed E-state index contributed by atoms with van der Waals surface area (Å²) in [7, 11) is 0. The molecule has 3 N–H and O–H groups in total. The number of amides is 2. The fourth-order valence-corrected chi connectivity index (χ4v) is 2.93. The van der Waals surface area contributed by atoms with Crippen LogP contribution in [-0.2, 0) is 4.79 Å². The van der Waals surface area contributed by atoms with Gasteiger partial charge >= 0.3 is 0 Å². The van der Waals surface area contributed by atoms with Crippen LogP contribution in [0.2, 0.25) is 0 Å². The molecule has 2 aromatic heterocycles. The molecule has 3 heterocycles. The lowest BCUT2D eigenvalue weighted by atomic mass is 10.1. The molecule has 8 heteroatoms. The Morgan fingerprint density at radius 1 is 1.29 bits per heavy atom. The highest BCUT2D eigenvalue weighted by atomic mass is 32.1. The van der Waals surface area contributed by atoms with Crippen LogP contribution >= 0.6 is 11.5 Å². The first-order valence-corrected chi connectivity index (χ1v) is 7.86. The second kappa shape index (κ2) is 5.74. The Morgan fingerprint density at radius 3 is 2.96 bits per heavy atom. The highest BCUT2D eigenvalue weighted by Gasteiger charge is 2.24. The summed E-state index contributed by atoms with van der Waals surface area (Å²) < 4.78 is 3.91. The van der Waals surface area contributed by atoms with Crippen molar-refractivity contribution >= 4 is 46.4 Å². The van der Waals surface area contributed by atoms with E-state index >= 15 is 0 Å². The van der Waals surface area contributed by atoms with E-state index in [0.717, 1.165) is 22.8 Å². The molecule has 0 atom stereocenters. The molecule has 1 aliphatic heterocycles. The van der Waals surface area contributed by atoms with Gasteiger partial charge in [-0.3, -0.25) is 9.59 Å². The Kier molecular flexibility index (Phi) is 3.43. The van der Waals surface area contributed by atoms with Crippen LogP contribution in [-0.4, -0.2) is 26.2 Å². The number of nitrogens with zero attached hydrogens (tertiary/aromatic N) is 2. The predicted octanol–water partition coefficient (Wildman–Crippen LogP) is 2.61. The Balaban J connectivity index is 1.66. The summed E-state index contributed by atoms with van der Waals surface area (Å²) in [5, 5.41) is 5.62. The first-order chi connectivity index (χ1) is 11.7. The van der Waals surface area contributed by atoms with Crippen molar-refractivity contribution in [3.63, 3.8) is 0 Å². The SMILES string of the molecule is O=C1Nc2ccc(NC(=O)c3ccns3)cc2C1=Cc1cnc[nH]1. The summed E-state index contributed by atoms with van der Waals surface area (Å²) in [6.45, 7) is 0. The summed E-state index contributed by atoms with van der Waals surface area (Å²) in [4.78, 5) is 31.7. The molecule has 0 unspecified atom stereocenters. The van der Waals surface area contributed by atoms with Crippen molar-refractivity contribution in [1.29, 1.82) is 0 Å². The van der Waals surface area contributed by atoms with E-state index in [1.807, 2.05) is 0 Å². The summed E-state index contributed by atoms with van der Waals surface area (Å²) in [5.74, 6) is -0.417. The fraction of sp³-hybridized carbons (Fsp3) is 0. The van der Waals surface area contributed by atoms with Crippen LogP contribution < -0.4 is 10.6 Å². The maximum atomic E-state index is 12.2. The molecule has 0 radical (unpaired) electrons. The van der Waals surface area contributed by atoms with Crippen molar-refractivity contribution in [2.75, 3.05) is 10.6 Å². The number of anilines is 2. The van der Waals surface area contributed by atoms with Gasteiger partial charge in [-0.1, -0.05) is 0 Å². The van der Waals surface area contributed by atoms with Gasteiger partial charge < -0.3 is 15.6 Å². The van der Waals surface area contributed by atoms with Gasteiger partial charge in [-0.05, 0) is 41.9 Å². The van der Waals surface area contributed by atoms with Crippen LogP contribution in [0.4, 0.5) is 11.4 Å². The summed E-state index contributed by atoms with van der Waals surface area (Å²) in [6, 6.07) is 6.94. The monoisotopic (exact) mass is 337 g/mol. The molecule has 24 heavy (non-hydrogen) atoms. The Hall–Kier alpha value is -3.26. The van der Waals surface area contributed by atoms with E-state index in [2.05, 4.69) is 25.0 Å². The molecule has 0 spiro atoms. The lowest BCUT2D eigenvalue weighted by molar-refractivity contribution is -0.110. The van der Waals surface area contributed by atoms with Gasteiger partial charge in [0.05, 0.1) is 23.8 Å². The second-order valence-electron chi connectivity index (χ2n) is 5.11. The highest BCUT2D eigenvalue weighted by Crippen LogP contribution is 2.35. The van der Waals surface area contributed by atoms with Crippen molar-refractivity contribution < 1.29 is 9.59 Å². The molecule has 0 fully saturated rings. The van der Waals surface area contributed by atoms with Gasteiger partial charge in [0.25, 0.3) is 11.8 Å². The third kappa shape index (κ3) is 2.59. The standard InChI is InChI=1S/C16H11N5O2S/c22-15-12(6-10-7-17-8-18-10)11-5-9(1-2-13(11)21-15)20-16(23)14-3-4-19-24-14/h1-8H,(H,17,18)(H,20,23)(H,21,22). The predicted molar refractivity (Wildman–Crippen MR) is 91.6 cm³/mol. The number of hydrogen-bond donors (Lipinski definition) is 3. The van der Waals surface area contributed by atoms with Crippen molar-refractivity contribution in [1.82, 2.24) is 14.3 Å². The summed E-state index contributed by atoms with van der Waals surface area (Å²) in [6.07, 6.45) is 6.48. The van der Waals surface area contributed by atoms with Gasteiger partial charge in [-0.2, -0.15) is 0 Å². The summed E-state index contributed by atoms with van der Waals surface area (Å²) >= 11 is 1.13. The normalized spacial score (nSPS) is 14.5. The maximum absolute atomic E-state index is 12.2. The number of nitrogens with one attached hydrogen (secondary N) is 3. The van der Waals surface area contributed by atoms with E-state index < -0.39 is 0 Å². The Labute approximate surface area is 140 Å². The van der Waals surface area contributed by atoms with Crippen LogP contribution in [0.15, 0.2) is 43.0 Å². The number of H-pyrrole nitrogens is 1. The number of carbonyl (C=O) groups is 2. The van der Waals surface area contributed by atoms with Gasteiger partial charge in [0.2, 0.25) is 0 Å². The molecular weight excluding hydrogens is 326 g/mol. The number of aromatic amines is 1. The lowest BCUT2D eigenvalue weighted by Gasteiger charge is -2.06. The molecule has 0 saturated heterocycles. The molecule has 0 aliphatic carbocycles. The third-order valence-corrected chi connectivity index (χ3v) is 4.29. The number of hydrogen-bond acceptors (Lipinski definition) is 5. The number of carbonyl (C=O) groups excluding carboxylic acids is 2. The fourth-order valence-electron chi connectivity index (χ4n) is 2.44. The highest BCUT2D eigenvalue weighted by molar-refractivity contribution is 7.08. The third-order valence-electron chi connectivity index (χ3n) is 3.54. The smallest absolute Gasteiger partial charge is 0.267 e. The van der Waals surface area contributed by atoms with Crippen molar-refractivity contribution in [3.8, 4) is 0 Å². The second-order valence-corrected chi connectivity index (χ2v) is 5.94. The Bertz CT molecular complexity index is 945. The van der Waals surface area contributed by atoms with Gasteiger partial charge in [0, 0.05) is 23.1 Å². The van der Waals surface area contributed by atoms with E-state index in [1.165, 1.54) is 0 Å². The molecular formula is C16H11N5O2S. The minimum absolute atomic E-state index is 0.189. The molecule has 118 valence electrons. The van der Waals surface area contributed by atoms with Crippen molar-refractivity contribution in [2.24, 2.45) is 0 Å². The van der Waals surface area contributed by atoms with Crippen LogP contribution in [0.5, 0.6) is 0 Å². The van der Waals surface area contributed by atoms with Crippen LogP contribution in [0.1, 0.15) is 20.9 Å². The van der Waals surface area contributed by atoms with Crippen molar-refractivity contribution in [2.45, 2.75) is 0 Å². The van der Waals surface area contributed by atoms with E-state index in [-0.39, 0.29) is 11.8 Å². The Morgan fingerprint density at radius 2 is 2.21 bits per heavy atom. The van der Waals surface area contributed by atoms with Crippen LogP contribution in [0.3, 0.4) is 0 Å². The number of fused-ring (bicyclic) bond motifs is 1. The molecule has 3 aromatic rings. The first-order valence-electron chi connectivity index (χ1n) is 7.08. The zero-order valence-electron chi connectivity index (χ0n) is 12.2. The largest absolute Gasteiger partial charge is 0.345 e. The van der Waals surface area contributed by atoms with Crippen LogP contribution in [0.25, 0.3) is 11.6 Å². The minimum Gasteiger partial charge on any atom is -0.345 e. The molecule has 0 saturated carbocycles. The molecule has 2 amide bonds. The van der Waals surface area contributed by atoms with E-state index in [9.17, 15) is 9.59 Å². The van der Waals surface area contributed by atoms with Gasteiger partial charge in [-0.15, -0.1) is 0 Å². The van der Waals surface area contributed by atoms with Gasteiger partial charge in [0.1, 0.15) is 4.88 Å². The first kappa shape index (κ1) is 14.3. The topological polar surface area (TPSA) is 99.8 Å². The molecule has 1 aromatic carbocycles. The lowest BCUT2D eigenvalue weighted by Crippen LogP contribution is -2.10. The number of aromatic nitrogens is 3.